The normalized spacial score (nSPS) is 10.8. The number of rotatable bonds is 3. The first kappa shape index (κ1) is 12.0. The SMILES string of the molecule is Clc1cc(C(c2ccccc2)c2ccccc2)no1. The Kier molecular flexibility index (Phi) is 3.34. The van der Waals surface area contributed by atoms with Crippen LogP contribution in [-0.4, -0.2) is 5.16 Å². The van der Waals surface area contributed by atoms with Crippen molar-refractivity contribution in [1.29, 1.82) is 0 Å². The van der Waals surface area contributed by atoms with Crippen molar-refractivity contribution in [1.82, 2.24) is 5.16 Å². The summed E-state index contributed by atoms with van der Waals surface area (Å²) in [5.74, 6) is 0.0404. The van der Waals surface area contributed by atoms with Crippen molar-refractivity contribution in [2.24, 2.45) is 0 Å². The van der Waals surface area contributed by atoms with Gasteiger partial charge in [0.1, 0.15) is 0 Å². The highest BCUT2D eigenvalue weighted by atomic mass is 35.5. The molecule has 0 aliphatic heterocycles. The van der Waals surface area contributed by atoms with Gasteiger partial charge in [-0.15, -0.1) is 0 Å². The molecule has 1 aromatic heterocycles. The van der Waals surface area contributed by atoms with Crippen LogP contribution >= 0.6 is 11.6 Å². The van der Waals surface area contributed by atoms with Gasteiger partial charge in [-0.1, -0.05) is 65.8 Å². The highest BCUT2D eigenvalue weighted by Gasteiger charge is 2.20. The van der Waals surface area contributed by atoms with Gasteiger partial charge in [-0.2, -0.15) is 0 Å². The Morgan fingerprint density at radius 1 is 0.842 bits per heavy atom. The Balaban J connectivity index is 2.11. The van der Waals surface area contributed by atoms with Crippen molar-refractivity contribution in [3.05, 3.63) is 88.8 Å². The van der Waals surface area contributed by atoms with Crippen LogP contribution in [0.15, 0.2) is 71.3 Å². The van der Waals surface area contributed by atoms with E-state index in [1.54, 1.807) is 6.07 Å². The van der Waals surface area contributed by atoms with Crippen LogP contribution in [0.3, 0.4) is 0 Å². The lowest BCUT2D eigenvalue weighted by atomic mass is 9.89. The lowest BCUT2D eigenvalue weighted by Gasteiger charge is -2.15. The lowest BCUT2D eigenvalue weighted by molar-refractivity contribution is 0.412. The molecule has 2 nitrogen and oxygen atoms in total. The van der Waals surface area contributed by atoms with E-state index in [9.17, 15) is 0 Å². The molecule has 0 unspecified atom stereocenters. The van der Waals surface area contributed by atoms with Gasteiger partial charge in [0.15, 0.2) is 0 Å². The van der Waals surface area contributed by atoms with Gasteiger partial charge in [-0.25, -0.2) is 0 Å². The van der Waals surface area contributed by atoms with Crippen molar-refractivity contribution >= 4 is 11.6 Å². The van der Waals surface area contributed by atoms with Crippen LogP contribution in [0.2, 0.25) is 5.22 Å². The first-order valence-corrected chi connectivity index (χ1v) is 6.44. The Hall–Kier alpha value is -2.06. The van der Waals surface area contributed by atoms with Gasteiger partial charge in [-0.3, -0.25) is 0 Å². The van der Waals surface area contributed by atoms with Gasteiger partial charge in [-0.05, 0) is 22.7 Å². The summed E-state index contributed by atoms with van der Waals surface area (Å²) in [5.41, 5.74) is 3.15. The number of benzene rings is 2. The zero-order valence-corrected chi connectivity index (χ0v) is 10.9. The van der Waals surface area contributed by atoms with E-state index in [2.05, 4.69) is 29.4 Å². The maximum absolute atomic E-state index is 5.85. The number of hydrogen-bond donors (Lipinski definition) is 0. The monoisotopic (exact) mass is 269 g/mol. The summed E-state index contributed by atoms with van der Waals surface area (Å²) >= 11 is 5.85. The Bertz CT molecular complexity index is 609. The van der Waals surface area contributed by atoms with Crippen LogP contribution in [0, 0.1) is 0 Å². The summed E-state index contributed by atoms with van der Waals surface area (Å²) < 4.78 is 5.00. The smallest absolute Gasteiger partial charge is 0.226 e. The molecule has 0 spiro atoms. The standard InChI is InChI=1S/C16H12ClNO/c17-15-11-14(18-19-15)16(12-7-3-1-4-8-12)13-9-5-2-6-10-13/h1-11,16H. The molecule has 0 saturated carbocycles. The van der Waals surface area contributed by atoms with Gasteiger partial charge in [0.2, 0.25) is 5.22 Å². The van der Waals surface area contributed by atoms with Gasteiger partial charge in [0.25, 0.3) is 0 Å². The van der Waals surface area contributed by atoms with Crippen molar-refractivity contribution < 1.29 is 4.52 Å². The molecule has 0 aliphatic rings. The zero-order chi connectivity index (χ0) is 13.1. The van der Waals surface area contributed by atoms with Crippen molar-refractivity contribution in [3.63, 3.8) is 0 Å². The van der Waals surface area contributed by atoms with Crippen LogP contribution in [-0.2, 0) is 0 Å². The third kappa shape index (κ3) is 2.54. The zero-order valence-electron chi connectivity index (χ0n) is 10.2. The maximum atomic E-state index is 5.85. The summed E-state index contributed by atoms with van der Waals surface area (Å²) in [7, 11) is 0. The third-order valence-electron chi connectivity index (χ3n) is 3.06. The molecule has 94 valence electrons. The van der Waals surface area contributed by atoms with Gasteiger partial charge in [0.05, 0.1) is 11.6 Å². The third-order valence-corrected chi connectivity index (χ3v) is 3.24. The minimum absolute atomic E-state index is 0.0404. The summed E-state index contributed by atoms with van der Waals surface area (Å²) in [6, 6.07) is 22.2. The molecule has 3 aromatic rings. The van der Waals surface area contributed by atoms with Crippen molar-refractivity contribution in [3.8, 4) is 0 Å². The predicted octanol–water partition coefficient (Wildman–Crippen LogP) is 4.51. The Labute approximate surface area is 116 Å². The van der Waals surface area contributed by atoms with Crippen LogP contribution in [0.5, 0.6) is 0 Å². The van der Waals surface area contributed by atoms with Gasteiger partial charge < -0.3 is 4.52 Å². The highest BCUT2D eigenvalue weighted by Crippen LogP contribution is 2.31. The molecule has 0 aliphatic carbocycles. The van der Waals surface area contributed by atoms with E-state index in [-0.39, 0.29) is 5.92 Å². The molecule has 0 amide bonds. The molecule has 3 heteroatoms. The van der Waals surface area contributed by atoms with E-state index in [0.29, 0.717) is 5.22 Å². The molecule has 1 heterocycles. The first-order valence-electron chi connectivity index (χ1n) is 6.06. The largest absolute Gasteiger partial charge is 0.344 e. The quantitative estimate of drug-likeness (QED) is 0.699. The molecule has 0 N–H and O–H groups in total. The fourth-order valence-corrected chi connectivity index (χ4v) is 2.37. The van der Waals surface area contributed by atoms with Gasteiger partial charge in [0, 0.05) is 6.07 Å². The number of aromatic nitrogens is 1. The van der Waals surface area contributed by atoms with E-state index in [1.165, 1.54) is 11.1 Å². The first-order chi connectivity index (χ1) is 9.34. The minimum atomic E-state index is 0.0404. The number of halogens is 1. The second-order valence-electron chi connectivity index (χ2n) is 4.31. The predicted molar refractivity (Wildman–Crippen MR) is 75.3 cm³/mol. The summed E-state index contributed by atoms with van der Waals surface area (Å²) in [6.07, 6.45) is 0. The molecular weight excluding hydrogens is 258 g/mol. The molecule has 0 fully saturated rings. The minimum Gasteiger partial charge on any atom is -0.344 e. The second kappa shape index (κ2) is 5.29. The van der Waals surface area contributed by atoms with E-state index in [1.807, 2.05) is 36.4 Å². The van der Waals surface area contributed by atoms with Crippen molar-refractivity contribution in [2.45, 2.75) is 5.92 Å². The summed E-state index contributed by atoms with van der Waals surface area (Å²) in [5, 5.41) is 4.37. The maximum Gasteiger partial charge on any atom is 0.226 e. The fourth-order valence-electron chi connectivity index (χ4n) is 2.23. The molecule has 0 radical (unpaired) electrons. The fraction of sp³-hybridized carbons (Fsp3) is 0.0625. The Morgan fingerprint density at radius 2 is 1.37 bits per heavy atom. The summed E-state index contributed by atoms with van der Waals surface area (Å²) in [6.45, 7) is 0. The topological polar surface area (TPSA) is 26.0 Å². The lowest BCUT2D eigenvalue weighted by Crippen LogP contribution is -2.03. The molecule has 0 bridgehead atoms. The molecule has 0 saturated heterocycles. The average molecular weight is 270 g/mol. The van der Waals surface area contributed by atoms with E-state index >= 15 is 0 Å². The molecule has 3 rings (SSSR count). The van der Waals surface area contributed by atoms with Crippen molar-refractivity contribution in [2.75, 3.05) is 0 Å². The van der Waals surface area contributed by atoms with Gasteiger partial charge >= 0.3 is 0 Å². The second-order valence-corrected chi connectivity index (χ2v) is 4.68. The molecule has 2 aromatic carbocycles. The van der Waals surface area contributed by atoms with E-state index in [4.69, 9.17) is 16.1 Å². The van der Waals surface area contributed by atoms with Crippen LogP contribution in [0.1, 0.15) is 22.7 Å². The highest BCUT2D eigenvalue weighted by molar-refractivity contribution is 6.28. The van der Waals surface area contributed by atoms with Crippen LogP contribution in [0.4, 0.5) is 0 Å². The summed E-state index contributed by atoms with van der Waals surface area (Å²) in [4.78, 5) is 0. The van der Waals surface area contributed by atoms with E-state index < -0.39 is 0 Å². The number of nitrogens with zero attached hydrogens (tertiary/aromatic N) is 1. The molecular formula is C16H12ClNO. The number of hydrogen-bond acceptors (Lipinski definition) is 2. The molecule has 0 atom stereocenters. The Morgan fingerprint density at radius 3 is 1.79 bits per heavy atom. The average Bonchev–Trinajstić information content (AvgIpc) is 2.88. The van der Waals surface area contributed by atoms with E-state index in [0.717, 1.165) is 5.69 Å². The van der Waals surface area contributed by atoms with Crippen LogP contribution in [0.25, 0.3) is 0 Å². The van der Waals surface area contributed by atoms with Crippen LogP contribution < -0.4 is 0 Å². The molecule has 19 heavy (non-hydrogen) atoms.